The van der Waals surface area contributed by atoms with E-state index < -0.39 is 10.0 Å². The average molecular weight is 380 g/mol. The third kappa shape index (κ3) is 4.96. The molecule has 0 radical (unpaired) electrons. The predicted octanol–water partition coefficient (Wildman–Crippen LogP) is 3.80. The van der Waals surface area contributed by atoms with Crippen LogP contribution in [0.25, 0.3) is 0 Å². The number of nitrogens with one attached hydrogen (secondary N) is 2. The number of rotatable bonds is 7. The summed E-state index contributed by atoms with van der Waals surface area (Å²) in [5, 5.41) is 5.19. The maximum absolute atomic E-state index is 12.2. The molecule has 1 aliphatic carbocycles. The van der Waals surface area contributed by atoms with E-state index in [0.29, 0.717) is 9.90 Å². The summed E-state index contributed by atoms with van der Waals surface area (Å²) in [6.07, 6.45) is 6.58. The number of anilines is 2. The molecular weight excluding hydrogens is 354 g/mol. The number of nitrogen functional groups attached to an aromatic ring is 1. The van der Waals surface area contributed by atoms with E-state index in [1.54, 1.807) is 17.5 Å². The zero-order chi connectivity index (χ0) is 17.7. The molecule has 1 fully saturated rings. The van der Waals surface area contributed by atoms with E-state index in [1.807, 2.05) is 18.2 Å². The van der Waals surface area contributed by atoms with Gasteiger partial charge in [-0.15, -0.1) is 11.3 Å². The molecule has 0 bridgehead atoms. The first-order chi connectivity index (χ1) is 12.0. The van der Waals surface area contributed by atoms with Gasteiger partial charge in [-0.05, 0) is 47.9 Å². The molecule has 25 heavy (non-hydrogen) atoms. The Morgan fingerprint density at radius 2 is 1.96 bits per heavy atom. The van der Waals surface area contributed by atoms with Gasteiger partial charge < -0.3 is 11.1 Å². The fraction of sp³-hybridized carbons (Fsp3) is 0.444. The molecule has 7 heteroatoms. The highest BCUT2D eigenvalue weighted by molar-refractivity contribution is 7.91. The van der Waals surface area contributed by atoms with E-state index in [0.717, 1.165) is 23.7 Å². The molecule has 0 spiro atoms. The van der Waals surface area contributed by atoms with Crippen molar-refractivity contribution in [1.82, 2.24) is 4.72 Å². The molecule has 1 aromatic heterocycles. The zero-order valence-corrected chi connectivity index (χ0v) is 15.8. The standard InChI is InChI=1S/C18H25N3O2S2/c19-16-11-15(13-21-25(22,23)18-7-4-10-24-18)8-9-17(16)20-12-14-5-2-1-3-6-14/h4,7-11,14,20-21H,1-3,5-6,12-13,19H2. The van der Waals surface area contributed by atoms with Crippen molar-refractivity contribution in [3.63, 3.8) is 0 Å². The lowest BCUT2D eigenvalue weighted by Gasteiger charge is -2.22. The highest BCUT2D eigenvalue weighted by Gasteiger charge is 2.15. The molecule has 0 unspecified atom stereocenters. The molecule has 0 saturated heterocycles. The molecule has 1 saturated carbocycles. The Labute approximate surface area is 153 Å². The number of sulfonamides is 1. The molecule has 1 heterocycles. The summed E-state index contributed by atoms with van der Waals surface area (Å²) in [6, 6.07) is 9.01. The molecule has 3 rings (SSSR count). The van der Waals surface area contributed by atoms with E-state index in [9.17, 15) is 8.42 Å². The van der Waals surface area contributed by atoms with Crippen LogP contribution in [-0.2, 0) is 16.6 Å². The van der Waals surface area contributed by atoms with Crippen molar-refractivity contribution < 1.29 is 8.42 Å². The average Bonchev–Trinajstić information content (AvgIpc) is 3.16. The SMILES string of the molecule is Nc1cc(CNS(=O)(=O)c2cccs2)ccc1NCC1CCCCC1. The Kier molecular flexibility index (Phi) is 5.98. The normalized spacial score (nSPS) is 16.0. The Bertz CT molecular complexity index is 783. The lowest BCUT2D eigenvalue weighted by atomic mass is 9.89. The molecule has 5 nitrogen and oxygen atoms in total. The first kappa shape index (κ1) is 18.2. The van der Waals surface area contributed by atoms with E-state index in [1.165, 1.54) is 43.4 Å². The van der Waals surface area contributed by atoms with Gasteiger partial charge in [0.15, 0.2) is 0 Å². The fourth-order valence-corrected chi connectivity index (χ4v) is 5.25. The van der Waals surface area contributed by atoms with Crippen molar-refractivity contribution >= 4 is 32.7 Å². The summed E-state index contributed by atoms with van der Waals surface area (Å²) in [4.78, 5) is 0. The first-order valence-electron chi connectivity index (χ1n) is 8.70. The van der Waals surface area contributed by atoms with Gasteiger partial charge in [0.05, 0.1) is 11.4 Å². The Morgan fingerprint density at radius 3 is 2.64 bits per heavy atom. The fourth-order valence-electron chi connectivity index (χ4n) is 3.19. The van der Waals surface area contributed by atoms with Crippen LogP contribution in [0.1, 0.15) is 37.7 Å². The van der Waals surface area contributed by atoms with Gasteiger partial charge in [0.1, 0.15) is 4.21 Å². The quantitative estimate of drug-likeness (QED) is 0.639. The topological polar surface area (TPSA) is 84.2 Å². The zero-order valence-electron chi connectivity index (χ0n) is 14.2. The van der Waals surface area contributed by atoms with Crippen molar-refractivity contribution in [3.05, 3.63) is 41.3 Å². The number of hydrogen-bond acceptors (Lipinski definition) is 5. The molecule has 136 valence electrons. The Balaban J connectivity index is 1.56. The van der Waals surface area contributed by atoms with Crippen molar-refractivity contribution in [3.8, 4) is 0 Å². The molecule has 0 amide bonds. The predicted molar refractivity (Wildman–Crippen MR) is 104 cm³/mol. The van der Waals surface area contributed by atoms with Crippen LogP contribution in [0.5, 0.6) is 0 Å². The van der Waals surface area contributed by atoms with Crippen LogP contribution >= 0.6 is 11.3 Å². The molecule has 1 aromatic carbocycles. The smallest absolute Gasteiger partial charge is 0.250 e. The van der Waals surface area contributed by atoms with Crippen LogP contribution in [0.4, 0.5) is 11.4 Å². The summed E-state index contributed by atoms with van der Waals surface area (Å²) >= 11 is 1.21. The Hall–Kier alpha value is -1.57. The summed E-state index contributed by atoms with van der Waals surface area (Å²) in [7, 11) is -3.45. The number of benzene rings is 1. The van der Waals surface area contributed by atoms with E-state index in [-0.39, 0.29) is 6.54 Å². The van der Waals surface area contributed by atoms with Crippen LogP contribution < -0.4 is 15.8 Å². The minimum absolute atomic E-state index is 0.230. The minimum atomic E-state index is -3.45. The van der Waals surface area contributed by atoms with Gasteiger partial charge in [0.25, 0.3) is 0 Å². The van der Waals surface area contributed by atoms with Gasteiger partial charge in [0, 0.05) is 13.1 Å². The summed E-state index contributed by atoms with van der Waals surface area (Å²) in [6.45, 7) is 1.18. The highest BCUT2D eigenvalue weighted by atomic mass is 32.2. The third-order valence-electron chi connectivity index (χ3n) is 4.65. The molecule has 4 N–H and O–H groups in total. The van der Waals surface area contributed by atoms with Crippen LogP contribution in [0.3, 0.4) is 0 Å². The molecule has 2 aromatic rings. The van der Waals surface area contributed by atoms with Gasteiger partial charge >= 0.3 is 0 Å². The second-order valence-corrected chi connectivity index (χ2v) is 9.50. The monoisotopic (exact) mass is 379 g/mol. The van der Waals surface area contributed by atoms with Crippen molar-refractivity contribution in [2.75, 3.05) is 17.6 Å². The van der Waals surface area contributed by atoms with Crippen molar-refractivity contribution in [1.29, 1.82) is 0 Å². The summed E-state index contributed by atoms with van der Waals surface area (Å²) in [5.41, 5.74) is 8.56. The maximum Gasteiger partial charge on any atom is 0.250 e. The maximum atomic E-state index is 12.2. The lowest BCUT2D eigenvalue weighted by Crippen LogP contribution is -2.22. The van der Waals surface area contributed by atoms with E-state index >= 15 is 0 Å². The van der Waals surface area contributed by atoms with Crippen LogP contribution in [0, 0.1) is 5.92 Å². The number of nitrogens with two attached hydrogens (primary N) is 1. The number of thiophene rings is 1. The van der Waals surface area contributed by atoms with Crippen molar-refractivity contribution in [2.45, 2.75) is 42.9 Å². The number of hydrogen-bond donors (Lipinski definition) is 3. The third-order valence-corrected chi connectivity index (χ3v) is 7.45. The second-order valence-electron chi connectivity index (χ2n) is 6.56. The summed E-state index contributed by atoms with van der Waals surface area (Å²) < 4.78 is 27.2. The van der Waals surface area contributed by atoms with Crippen LogP contribution in [0.15, 0.2) is 39.9 Å². The minimum Gasteiger partial charge on any atom is -0.397 e. The Morgan fingerprint density at radius 1 is 1.16 bits per heavy atom. The van der Waals surface area contributed by atoms with Gasteiger partial charge in [-0.2, -0.15) is 0 Å². The first-order valence-corrected chi connectivity index (χ1v) is 11.1. The highest BCUT2D eigenvalue weighted by Crippen LogP contribution is 2.26. The van der Waals surface area contributed by atoms with Crippen LogP contribution in [-0.4, -0.2) is 15.0 Å². The van der Waals surface area contributed by atoms with E-state index in [2.05, 4.69) is 10.0 Å². The second kappa shape index (κ2) is 8.21. The molecule has 1 aliphatic rings. The van der Waals surface area contributed by atoms with Crippen LogP contribution in [0.2, 0.25) is 0 Å². The van der Waals surface area contributed by atoms with E-state index in [4.69, 9.17) is 5.73 Å². The molecule has 0 aliphatic heterocycles. The molecule has 0 atom stereocenters. The van der Waals surface area contributed by atoms with Gasteiger partial charge in [-0.1, -0.05) is 31.4 Å². The van der Waals surface area contributed by atoms with Crippen molar-refractivity contribution in [2.24, 2.45) is 5.92 Å². The largest absolute Gasteiger partial charge is 0.397 e. The van der Waals surface area contributed by atoms with Gasteiger partial charge in [-0.3, -0.25) is 0 Å². The van der Waals surface area contributed by atoms with Gasteiger partial charge in [-0.25, -0.2) is 13.1 Å². The summed E-state index contributed by atoms with van der Waals surface area (Å²) in [5.74, 6) is 0.727. The van der Waals surface area contributed by atoms with Gasteiger partial charge in [0.2, 0.25) is 10.0 Å². The lowest BCUT2D eigenvalue weighted by molar-refractivity contribution is 0.373. The molecular formula is C18H25N3O2S2.